The molecule has 3 nitrogen and oxygen atoms in total. The van der Waals surface area contributed by atoms with Gasteiger partial charge in [0.05, 0.1) is 11.1 Å². The minimum atomic E-state index is -0.216. The normalized spacial score (nSPS) is 11.9. The van der Waals surface area contributed by atoms with E-state index < -0.39 is 0 Å². The number of rotatable bonds is 5. The van der Waals surface area contributed by atoms with E-state index in [0.717, 1.165) is 5.56 Å². The quantitative estimate of drug-likeness (QED) is 0.834. The Morgan fingerprint density at radius 2 is 1.87 bits per heavy atom. The van der Waals surface area contributed by atoms with Crippen LogP contribution >= 0.6 is 23.2 Å². The van der Waals surface area contributed by atoms with Crippen molar-refractivity contribution >= 4 is 29.1 Å². The molecule has 0 heterocycles. The molecular weight excluding hydrogens is 333 g/mol. The largest absolute Gasteiger partial charge is 0.482 e. The van der Waals surface area contributed by atoms with Crippen LogP contribution in [-0.2, 0) is 4.79 Å². The van der Waals surface area contributed by atoms with Crippen molar-refractivity contribution in [3.63, 3.8) is 0 Å². The summed E-state index contributed by atoms with van der Waals surface area (Å²) < 4.78 is 5.43. The third-order valence-corrected chi connectivity index (χ3v) is 4.21. The van der Waals surface area contributed by atoms with Crippen LogP contribution in [0, 0.1) is 13.8 Å². The maximum absolute atomic E-state index is 12.0. The summed E-state index contributed by atoms with van der Waals surface area (Å²) in [7, 11) is 0. The minimum absolute atomic E-state index is 0.0970. The highest BCUT2D eigenvalue weighted by atomic mass is 35.5. The first kappa shape index (κ1) is 17.6. The predicted molar refractivity (Wildman–Crippen MR) is 94.4 cm³/mol. The zero-order valence-corrected chi connectivity index (χ0v) is 14.8. The van der Waals surface area contributed by atoms with E-state index in [2.05, 4.69) is 31.3 Å². The fourth-order valence-electron chi connectivity index (χ4n) is 2.13. The van der Waals surface area contributed by atoms with Crippen LogP contribution in [-0.4, -0.2) is 12.5 Å². The summed E-state index contributed by atoms with van der Waals surface area (Å²) in [6.07, 6.45) is 0. The van der Waals surface area contributed by atoms with E-state index in [1.54, 1.807) is 18.2 Å². The van der Waals surface area contributed by atoms with Gasteiger partial charge in [-0.3, -0.25) is 4.79 Å². The number of nitrogens with one attached hydrogen (secondary N) is 1. The molecule has 0 aliphatic carbocycles. The molecule has 1 N–H and O–H groups in total. The first-order valence-corrected chi connectivity index (χ1v) is 8.07. The number of hydrogen-bond acceptors (Lipinski definition) is 2. The Labute approximate surface area is 146 Å². The molecule has 0 fully saturated rings. The minimum Gasteiger partial charge on any atom is -0.482 e. The van der Waals surface area contributed by atoms with Crippen molar-refractivity contribution in [3.05, 3.63) is 63.1 Å². The van der Waals surface area contributed by atoms with Gasteiger partial charge in [0.1, 0.15) is 5.75 Å². The van der Waals surface area contributed by atoms with Gasteiger partial charge in [0, 0.05) is 11.1 Å². The van der Waals surface area contributed by atoms with Gasteiger partial charge in [-0.1, -0.05) is 41.4 Å². The summed E-state index contributed by atoms with van der Waals surface area (Å²) in [5, 5.41) is 3.84. The number of carbonyl (C=O) groups is 1. The van der Waals surface area contributed by atoms with Gasteiger partial charge in [0.25, 0.3) is 5.91 Å². The summed E-state index contributed by atoms with van der Waals surface area (Å²) >= 11 is 11.9. The topological polar surface area (TPSA) is 38.3 Å². The van der Waals surface area contributed by atoms with E-state index in [-0.39, 0.29) is 18.6 Å². The lowest BCUT2D eigenvalue weighted by atomic mass is 10.0. The highest BCUT2D eigenvalue weighted by Gasteiger charge is 2.12. The predicted octanol–water partition coefficient (Wildman–Crippen LogP) is 4.87. The lowest BCUT2D eigenvalue weighted by Gasteiger charge is -2.16. The van der Waals surface area contributed by atoms with Crippen molar-refractivity contribution in [2.75, 3.05) is 6.61 Å². The van der Waals surface area contributed by atoms with Crippen molar-refractivity contribution in [3.8, 4) is 5.75 Å². The van der Waals surface area contributed by atoms with Crippen LogP contribution in [0.3, 0.4) is 0 Å². The Hall–Kier alpha value is -1.71. The molecule has 5 heteroatoms. The molecule has 0 unspecified atom stereocenters. The van der Waals surface area contributed by atoms with Crippen LogP contribution in [0.15, 0.2) is 36.4 Å². The van der Waals surface area contributed by atoms with E-state index >= 15 is 0 Å². The van der Waals surface area contributed by atoms with Crippen molar-refractivity contribution < 1.29 is 9.53 Å². The van der Waals surface area contributed by atoms with E-state index in [9.17, 15) is 4.79 Å². The van der Waals surface area contributed by atoms with Crippen LogP contribution in [0.5, 0.6) is 5.75 Å². The number of hydrogen-bond donors (Lipinski definition) is 1. The summed E-state index contributed by atoms with van der Waals surface area (Å²) in [6, 6.07) is 10.9. The van der Waals surface area contributed by atoms with E-state index in [1.807, 2.05) is 13.0 Å². The van der Waals surface area contributed by atoms with Gasteiger partial charge in [0.15, 0.2) is 6.61 Å². The zero-order valence-electron chi connectivity index (χ0n) is 13.3. The highest BCUT2D eigenvalue weighted by Crippen LogP contribution is 2.27. The Morgan fingerprint density at radius 1 is 1.13 bits per heavy atom. The van der Waals surface area contributed by atoms with Crippen LogP contribution in [0.4, 0.5) is 0 Å². The maximum atomic E-state index is 12.0. The Balaban J connectivity index is 1.93. The van der Waals surface area contributed by atoms with E-state index in [0.29, 0.717) is 15.8 Å². The van der Waals surface area contributed by atoms with Crippen LogP contribution in [0.1, 0.15) is 29.7 Å². The third-order valence-electron chi connectivity index (χ3n) is 3.66. The SMILES string of the molecule is Cc1ccc([C@H](C)NC(=O)COc2cc(Cl)ccc2Cl)cc1C. The number of ether oxygens (including phenoxy) is 1. The monoisotopic (exact) mass is 351 g/mol. The van der Waals surface area contributed by atoms with Crippen LogP contribution < -0.4 is 10.1 Å². The molecule has 0 radical (unpaired) electrons. The first-order chi connectivity index (χ1) is 10.9. The first-order valence-electron chi connectivity index (χ1n) is 7.31. The van der Waals surface area contributed by atoms with E-state index in [1.165, 1.54) is 11.1 Å². The Kier molecular flexibility index (Phi) is 5.91. The van der Waals surface area contributed by atoms with Gasteiger partial charge in [0.2, 0.25) is 0 Å². The molecule has 2 aromatic rings. The molecule has 122 valence electrons. The molecule has 0 saturated heterocycles. The van der Waals surface area contributed by atoms with Gasteiger partial charge >= 0.3 is 0 Å². The lowest BCUT2D eigenvalue weighted by molar-refractivity contribution is -0.123. The van der Waals surface area contributed by atoms with Gasteiger partial charge in [-0.05, 0) is 49.6 Å². The smallest absolute Gasteiger partial charge is 0.258 e. The summed E-state index contributed by atoms with van der Waals surface area (Å²) in [5.41, 5.74) is 3.49. The number of aryl methyl sites for hydroxylation is 2. The van der Waals surface area contributed by atoms with Gasteiger partial charge < -0.3 is 10.1 Å². The molecule has 0 bridgehead atoms. The summed E-state index contributed by atoms with van der Waals surface area (Å²) in [6.45, 7) is 5.94. The standard InChI is InChI=1S/C18H19Cl2NO2/c1-11-4-5-14(8-12(11)2)13(3)21-18(22)10-23-17-9-15(19)6-7-16(17)20/h4-9,13H,10H2,1-3H3,(H,21,22)/t13-/m0/s1. The van der Waals surface area contributed by atoms with E-state index in [4.69, 9.17) is 27.9 Å². The Morgan fingerprint density at radius 3 is 2.57 bits per heavy atom. The molecule has 2 aromatic carbocycles. The van der Waals surface area contributed by atoms with Crippen molar-refractivity contribution in [1.82, 2.24) is 5.32 Å². The summed E-state index contributed by atoms with van der Waals surface area (Å²) in [4.78, 5) is 12.0. The number of carbonyl (C=O) groups excluding carboxylic acids is 1. The molecule has 0 spiro atoms. The Bertz CT molecular complexity index is 716. The number of benzene rings is 2. The van der Waals surface area contributed by atoms with Gasteiger partial charge in [-0.25, -0.2) is 0 Å². The second kappa shape index (κ2) is 7.71. The second-order valence-corrected chi connectivity index (χ2v) is 6.34. The zero-order chi connectivity index (χ0) is 17.0. The average Bonchev–Trinajstić information content (AvgIpc) is 2.50. The fraction of sp³-hybridized carbons (Fsp3) is 0.278. The third kappa shape index (κ3) is 4.88. The average molecular weight is 352 g/mol. The van der Waals surface area contributed by atoms with Gasteiger partial charge in [-0.15, -0.1) is 0 Å². The van der Waals surface area contributed by atoms with Crippen molar-refractivity contribution in [2.45, 2.75) is 26.8 Å². The van der Waals surface area contributed by atoms with Gasteiger partial charge in [-0.2, -0.15) is 0 Å². The molecule has 0 saturated carbocycles. The molecule has 1 amide bonds. The second-order valence-electron chi connectivity index (χ2n) is 5.50. The molecular formula is C18H19Cl2NO2. The molecule has 0 aromatic heterocycles. The van der Waals surface area contributed by atoms with Crippen molar-refractivity contribution in [2.24, 2.45) is 0 Å². The van der Waals surface area contributed by atoms with Crippen LogP contribution in [0.2, 0.25) is 10.0 Å². The molecule has 2 rings (SSSR count). The molecule has 23 heavy (non-hydrogen) atoms. The maximum Gasteiger partial charge on any atom is 0.258 e. The lowest BCUT2D eigenvalue weighted by Crippen LogP contribution is -2.31. The number of amides is 1. The molecule has 1 atom stereocenters. The van der Waals surface area contributed by atoms with Crippen molar-refractivity contribution in [1.29, 1.82) is 0 Å². The number of halogens is 2. The fourth-order valence-corrected chi connectivity index (χ4v) is 2.47. The molecule has 0 aliphatic rings. The highest BCUT2D eigenvalue weighted by molar-refractivity contribution is 6.34. The summed E-state index contributed by atoms with van der Waals surface area (Å²) in [5.74, 6) is 0.180. The molecule has 0 aliphatic heterocycles. The van der Waals surface area contributed by atoms with Crippen LogP contribution in [0.25, 0.3) is 0 Å².